The Kier molecular flexibility index (Phi) is 4.15. The van der Waals surface area contributed by atoms with Gasteiger partial charge in [-0.15, -0.1) is 0 Å². The van der Waals surface area contributed by atoms with Crippen molar-refractivity contribution in [3.63, 3.8) is 0 Å². The number of allylic oxidation sites excluding steroid dienone is 4. The van der Waals surface area contributed by atoms with Crippen LogP contribution in [0.4, 0.5) is 0 Å². The molecule has 0 fully saturated rings. The Morgan fingerprint density at radius 3 is 2.09 bits per heavy atom. The van der Waals surface area contributed by atoms with Gasteiger partial charge in [0.1, 0.15) is 5.75 Å². The zero-order chi connectivity index (χ0) is 15.5. The summed E-state index contributed by atoms with van der Waals surface area (Å²) in [6.07, 6.45) is 5.59. The van der Waals surface area contributed by atoms with E-state index in [1.165, 1.54) is 33.4 Å². The van der Waals surface area contributed by atoms with Gasteiger partial charge in [0, 0.05) is 0 Å². The van der Waals surface area contributed by atoms with Crippen molar-refractivity contribution < 1.29 is 4.74 Å². The maximum Gasteiger partial charge on any atom is 0.118 e. The van der Waals surface area contributed by atoms with E-state index in [9.17, 15) is 0 Å². The summed E-state index contributed by atoms with van der Waals surface area (Å²) in [6, 6.07) is 17.1. The van der Waals surface area contributed by atoms with Gasteiger partial charge in [0.2, 0.25) is 0 Å². The fourth-order valence-corrected chi connectivity index (χ4v) is 2.92. The van der Waals surface area contributed by atoms with Crippen LogP contribution in [0.15, 0.2) is 60.2 Å². The number of ether oxygens (including phenoxy) is 1. The molecule has 111 valence electrons. The van der Waals surface area contributed by atoms with E-state index in [1.54, 1.807) is 7.11 Å². The van der Waals surface area contributed by atoms with Crippen molar-refractivity contribution in [3.8, 4) is 5.75 Å². The normalized spacial score (nSPS) is 14.8. The summed E-state index contributed by atoms with van der Waals surface area (Å²) in [5.74, 6) is 0.895. The maximum absolute atomic E-state index is 5.25. The highest BCUT2D eigenvalue weighted by molar-refractivity contribution is 5.93. The Morgan fingerprint density at radius 1 is 0.818 bits per heavy atom. The second-order valence-corrected chi connectivity index (χ2v) is 5.69. The van der Waals surface area contributed by atoms with Crippen LogP contribution in [0.2, 0.25) is 0 Å². The van der Waals surface area contributed by atoms with Gasteiger partial charge in [-0.2, -0.15) is 0 Å². The first-order chi connectivity index (χ1) is 10.7. The SMILES string of the molecule is COc1ccc(C2=C(C)C(c3ccc(C)cc3)=CC[CH]2)cc1. The van der Waals surface area contributed by atoms with Gasteiger partial charge < -0.3 is 4.74 Å². The van der Waals surface area contributed by atoms with Crippen molar-refractivity contribution in [1.29, 1.82) is 0 Å². The molecule has 0 amide bonds. The van der Waals surface area contributed by atoms with Gasteiger partial charge in [0.05, 0.1) is 7.11 Å². The molecule has 0 saturated heterocycles. The van der Waals surface area contributed by atoms with Crippen LogP contribution >= 0.6 is 0 Å². The van der Waals surface area contributed by atoms with Crippen molar-refractivity contribution >= 4 is 11.1 Å². The molecule has 2 aromatic rings. The molecule has 0 aliphatic heterocycles. The maximum atomic E-state index is 5.25. The third-order valence-corrected chi connectivity index (χ3v) is 4.22. The van der Waals surface area contributed by atoms with E-state index < -0.39 is 0 Å². The van der Waals surface area contributed by atoms with E-state index in [4.69, 9.17) is 4.74 Å². The van der Waals surface area contributed by atoms with Crippen LogP contribution in [-0.2, 0) is 0 Å². The van der Waals surface area contributed by atoms with Crippen LogP contribution in [0.3, 0.4) is 0 Å². The van der Waals surface area contributed by atoms with Crippen LogP contribution in [0.25, 0.3) is 11.1 Å². The van der Waals surface area contributed by atoms with Gasteiger partial charge in [-0.1, -0.05) is 48.0 Å². The molecule has 0 atom stereocenters. The Bertz CT molecular complexity index is 716. The van der Waals surface area contributed by atoms with E-state index in [0.29, 0.717) is 0 Å². The number of hydrogen-bond donors (Lipinski definition) is 0. The van der Waals surface area contributed by atoms with Gasteiger partial charge in [-0.3, -0.25) is 0 Å². The van der Waals surface area contributed by atoms with Gasteiger partial charge >= 0.3 is 0 Å². The van der Waals surface area contributed by atoms with Gasteiger partial charge in [0.15, 0.2) is 0 Å². The van der Waals surface area contributed by atoms with E-state index in [-0.39, 0.29) is 0 Å². The minimum atomic E-state index is 0.895. The van der Waals surface area contributed by atoms with Crippen LogP contribution in [0, 0.1) is 13.3 Å². The summed E-state index contributed by atoms with van der Waals surface area (Å²) in [7, 11) is 1.70. The first kappa shape index (κ1) is 14.6. The molecule has 2 aromatic carbocycles. The van der Waals surface area contributed by atoms with Crippen LogP contribution in [0.5, 0.6) is 5.75 Å². The first-order valence-electron chi connectivity index (χ1n) is 7.65. The summed E-state index contributed by atoms with van der Waals surface area (Å²) in [4.78, 5) is 0. The third-order valence-electron chi connectivity index (χ3n) is 4.22. The highest BCUT2D eigenvalue weighted by Crippen LogP contribution is 2.36. The molecule has 0 saturated carbocycles. The summed E-state index contributed by atoms with van der Waals surface area (Å²) in [5.41, 5.74) is 7.83. The molecule has 22 heavy (non-hydrogen) atoms. The van der Waals surface area contributed by atoms with Crippen LogP contribution in [0.1, 0.15) is 30.0 Å². The van der Waals surface area contributed by atoms with Crippen molar-refractivity contribution in [3.05, 3.63) is 83.3 Å². The molecule has 0 spiro atoms. The molecular formula is C21H21O. The van der Waals surface area contributed by atoms with Crippen LogP contribution < -0.4 is 4.74 Å². The summed E-state index contributed by atoms with van der Waals surface area (Å²) < 4.78 is 5.25. The Morgan fingerprint density at radius 2 is 1.45 bits per heavy atom. The van der Waals surface area contributed by atoms with E-state index >= 15 is 0 Å². The van der Waals surface area contributed by atoms with Gasteiger partial charge in [-0.05, 0) is 66.7 Å². The van der Waals surface area contributed by atoms with E-state index in [1.807, 2.05) is 12.1 Å². The molecule has 0 N–H and O–H groups in total. The molecule has 3 rings (SSSR count). The second-order valence-electron chi connectivity index (χ2n) is 5.69. The topological polar surface area (TPSA) is 9.23 Å². The number of rotatable bonds is 3. The number of methoxy groups -OCH3 is 1. The molecule has 0 unspecified atom stereocenters. The molecular weight excluding hydrogens is 268 g/mol. The molecule has 0 bridgehead atoms. The minimum absolute atomic E-state index is 0.895. The van der Waals surface area contributed by atoms with E-state index in [2.05, 4.69) is 62.7 Å². The number of aryl methyl sites for hydroxylation is 1. The van der Waals surface area contributed by atoms with E-state index in [0.717, 1.165) is 12.2 Å². The van der Waals surface area contributed by atoms with Crippen LogP contribution in [-0.4, -0.2) is 7.11 Å². The molecule has 1 aliphatic rings. The molecule has 1 nitrogen and oxygen atoms in total. The Labute approximate surface area is 133 Å². The van der Waals surface area contributed by atoms with Gasteiger partial charge in [0.25, 0.3) is 0 Å². The lowest BCUT2D eigenvalue weighted by atomic mass is 9.84. The zero-order valence-corrected chi connectivity index (χ0v) is 13.4. The minimum Gasteiger partial charge on any atom is -0.497 e. The fraction of sp³-hybridized carbons (Fsp3) is 0.190. The molecule has 1 heteroatoms. The second kappa shape index (κ2) is 6.23. The monoisotopic (exact) mass is 289 g/mol. The van der Waals surface area contributed by atoms with Gasteiger partial charge in [-0.25, -0.2) is 0 Å². The molecule has 1 radical (unpaired) electrons. The quantitative estimate of drug-likeness (QED) is 0.728. The fourth-order valence-electron chi connectivity index (χ4n) is 2.92. The largest absolute Gasteiger partial charge is 0.497 e. The van der Waals surface area contributed by atoms with Crippen molar-refractivity contribution in [2.24, 2.45) is 0 Å². The lowest BCUT2D eigenvalue weighted by molar-refractivity contribution is 0.415. The summed E-state index contributed by atoms with van der Waals surface area (Å²) in [5, 5.41) is 0. The summed E-state index contributed by atoms with van der Waals surface area (Å²) >= 11 is 0. The lowest BCUT2D eigenvalue weighted by Gasteiger charge is -2.20. The zero-order valence-electron chi connectivity index (χ0n) is 13.4. The highest BCUT2D eigenvalue weighted by atomic mass is 16.5. The van der Waals surface area contributed by atoms with Crippen molar-refractivity contribution in [1.82, 2.24) is 0 Å². The molecule has 0 aromatic heterocycles. The number of hydrogen-bond acceptors (Lipinski definition) is 1. The average molecular weight is 289 g/mol. The average Bonchev–Trinajstić information content (AvgIpc) is 2.56. The Hall–Kier alpha value is -2.28. The predicted octanol–water partition coefficient (Wildman–Crippen LogP) is 5.47. The molecule has 1 aliphatic carbocycles. The smallest absolute Gasteiger partial charge is 0.118 e. The first-order valence-corrected chi connectivity index (χ1v) is 7.65. The predicted molar refractivity (Wildman–Crippen MR) is 93.7 cm³/mol. The van der Waals surface area contributed by atoms with Crippen molar-refractivity contribution in [2.75, 3.05) is 7.11 Å². The number of benzene rings is 2. The summed E-state index contributed by atoms with van der Waals surface area (Å²) in [6.45, 7) is 4.33. The van der Waals surface area contributed by atoms with Crippen molar-refractivity contribution in [2.45, 2.75) is 20.3 Å². The highest BCUT2D eigenvalue weighted by Gasteiger charge is 2.15. The standard InChI is InChI=1S/C21H21O/c1-15-7-9-17(10-8-15)20-5-4-6-21(16(20)2)18-11-13-19(22-3)14-12-18/h5-14H,4H2,1-3H3. The third kappa shape index (κ3) is 2.85. The Balaban J connectivity index is 1.98. The lowest BCUT2D eigenvalue weighted by Crippen LogP contribution is -1.99. The molecule has 0 heterocycles.